The lowest BCUT2D eigenvalue weighted by atomic mass is 10.3. The van der Waals surface area contributed by atoms with Crippen molar-refractivity contribution in [2.45, 2.75) is 13.1 Å². The lowest BCUT2D eigenvalue weighted by Crippen LogP contribution is -2.25. The molecule has 3 rings (SSSR count). The number of hydrogen-bond donors (Lipinski definition) is 3. The van der Waals surface area contributed by atoms with E-state index in [2.05, 4.69) is 20.8 Å². The predicted molar refractivity (Wildman–Crippen MR) is 90.9 cm³/mol. The van der Waals surface area contributed by atoms with E-state index < -0.39 is 17.8 Å². The van der Waals surface area contributed by atoms with Crippen molar-refractivity contribution in [3.05, 3.63) is 54.0 Å². The molecule has 11 heteroatoms. The van der Waals surface area contributed by atoms with E-state index >= 15 is 0 Å². The van der Waals surface area contributed by atoms with Gasteiger partial charge in [0, 0.05) is 19.4 Å². The molecule has 0 saturated heterocycles. The summed E-state index contributed by atoms with van der Waals surface area (Å²) in [5, 5.41) is 21.8. The molecule has 3 N–H and O–H groups in total. The fraction of sp³-hybridized carbons (Fsp3) is 0.188. The number of aromatic nitrogens is 4. The molecule has 0 aliphatic rings. The van der Waals surface area contributed by atoms with Crippen LogP contribution in [0.1, 0.15) is 26.6 Å². The molecule has 0 bridgehead atoms. The maximum absolute atomic E-state index is 12.4. The Morgan fingerprint density at radius 3 is 2.78 bits per heavy atom. The lowest BCUT2D eigenvalue weighted by Gasteiger charge is -2.05. The summed E-state index contributed by atoms with van der Waals surface area (Å²) in [5.41, 5.74) is 0.405. The number of anilines is 1. The molecule has 0 spiro atoms. The van der Waals surface area contributed by atoms with Crippen LogP contribution in [0, 0.1) is 0 Å². The van der Waals surface area contributed by atoms with Gasteiger partial charge < -0.3 is 20.2 Å². The first-order valence-electron chi connectivity index (χ1n) is 7.82. The minimum atomic E-state index is -1.08. The van der Waals surface area contributed by atoms with Crippen molar-refractivity contribution in [1.29, 1.82) is 0 Å². The quantitative estimate of drug-likeness (QED) is 0.547. The van der Waals surface area contributed by atoms with Gasteiger partial charge >= 0.3 is 5.97 Å². The highest BCUT2D eigenvalue weighted by atomic mass is 16.4. The van der Waals surface area contributed by atoms with Crippen molar-refractivity contribution in [2.75, 3.05) is 5.32 Å². The molecule has 0 atom stereocenters. The summed E-state index contributed by atoms with van der Waals surface area (Å²) < 4.78 is 7.66. The average molecular weight is 372 g/mol. The molecule has 0 fully saturated rings. The molecule has 0 aliphatic carbocycles. The first kappa shape index (κ1) is 17.9. The van der Waals surface area contributed by atoms with Crippen LogP contribution in [-0.4, -0.2) is 42.5 Å². The molecule has 0 saturated carbocycles. The summed E-state index contributed by atoms with van der Waals surface area (Å²) in [6.45, 7) is -0.182. The zero-order chi connectivity index (χ0) is 19.4. The van der Waals surface area contributed by atoms with Gasteiger partial charge in [-0.3, -0.25) is 23.7 Å². The van der Waals surface area contributed by atoms with Gasteiger partial charge in [0.1, 0.15) is 12.3 Å². The van der Waals surface area contributed by atoms with Crippen molar-refractivity contribution in [3.8, 4) is 0 Å². The SMILES string of the molecule is Cn1cc(NC(=O)c2cnn(CC(=O)O)c2)c(C(=O)NCc2ccco2)n1. The first-order valence-corrected chi connectivity index (χ1v) is 7.82. The van der Waals surface area contributed by atoms with E-state index in [4.69, 9.17) is 9.52 Å². The summed E-state index contributed by atoms with van der Waals surface area (Å²) in [6.07, 6.45) is 5.53. The smallest absolute Gasteiger partial charge is 0.325 e. The Hall–Kier alpha value is -3.89. The van der Waals surface area contributed by atoms with Crippen LogP contribution in [0.5, 0.6) is 0 Å². The highest BCUT2D eigenvalue weighted by molar-refractivity contribution is 6.08. The number of hydrogen-bond acceptors (Lipinski definition) is 6. The molecule has 0 unspecified atom stereocenters. The molecule has 2 amide bonds. The molecule has 11 nitrogen and oxygen atoms in total. The Morgan fingerprint density at radius 1 is 1.26 bits per heavy atom. The van der Waals surface area contributed by atoms with Crippen molar-refractivity contribution in [2.24, 2.45) is 7.05 Å². The van der Waals surface area contributed by atoms with E-state index in [0.29, 0.717) is 5.76 Å². The number of aliphatic carboxylic acids is 1. The van der Waals surface area contributed by atoms with Crippen LogP contribution in [0.4, 0.5) is 5.69 Å². The number of carboxylic acid groups (broad SMARTS) is 1. The number of carbonyl (C=O) groups is 3. The van der Waals surface area contributed by atoms with Gasteiger partial charge in [-0.15, -0.1) is 0 Å². The lowest BCUT2D eigenvalue weighted by molar-refractivity contribution is -0.137. The number of nitrogens with zero attached hydrogens (tertiary/aromatic N) is 4. The van der Waals surface area contributed by atoms with Gasteiger partial charge in [0.05, 0.1) is 30.3 Å². The van der Waals surface area contributed by atoms with Crippen LogP contribution in [0.15, 0.2) is 41.4 Å². The standard InChI is InChI=1S/C16H16N6O5/c1-21-8-12(14(20-21)16(26)17-6-11-3-2-4-27-11)19-15(25)10-5-18-22(7-10)9-13(23)24/h2-5,7-8H,6,9H2,1H3,(H,17,26)(H,19,25)(H,23,24). The zero-order valence-corrected chi connectivity index (χ0v) is 14.2. The van der Waals surface area contributed by atoms with Crippen molar-refractivity contribution in [3.63, 3.8) is 0 Å². The average Bonchev–Trinajstić information content (AvgIpc) is 3.33. The largest absolute Gasteiger partial charge is 0.480 e. The Kier molecular flexibility index (Phi) is 5.01. The van der Waals surface area contributed by atoms with Crippen molar-refractivity contribution >= 4 is 23.5 Å². The molecule has 140 valence electrons. The highest BCUT2D eigenvalue weighted by Gasteiger charge is 2.19. The normalized spacial score (nSPS) is 10.6. The number of rotatable bonds is 7. The number of carbonyl (C=O) groups excluding carboxylic acids is 2. The molecule has 0 aromatic carbocycles. The third kappa shape index (κ3) is 4.39. The number of aryl methyl sites for hydroxylation is 1. The highest BCUT2D eigenvalue weighted by Crippen LogP contribution is 2.15. The minimum absolute atomic E-state index is 0.0373. The molecular weight excluding hydrogens is 356 g/mol. The first-order chi connectivity index (χ1) is 12.9. The summed E-state index contributed by atoms with van der Waals surface area (Å²) in [7, 11) is 1.61. The maximum Gasteiger partial charge on any atom is 0.325 e. The van der Waals surface area contributed by atoms with Gasteiger partial charge in [-0.25, -0.2) is 0 Å². The predicted octanol–water partition coefficient (Wildman–Crippen LogP) is 0.476. The van der Waals surface area contributed by atoms with E-state index in [1.54, 1.807) is 19.2 Å². The summed E-state index contributed by atoms with van der Waals surface area (Å²) in [4.78, 5) is 35.4. The van der Waals surface area contributed by atoms with Gasteiger partial charge in [0.2, 0.25) is 0 Å². The molecule has 3 aromatic heterocycles. The van der Waals surface area contributed by atoms with Gasteiger partial charge in [-0.1, -0.05) is 0 Å². The van der Waals surface area contributed by atoms with E-state index in [0.717, 1.165) is 4.68 Å². The third-order valence-electron chi connectivity index (χ3n) is 3.49. The van der Waals surface area contributed by atoms with Crippen molar-refractivity contribution in [1.82, 2.24) is 24.9 Å². The topological polar surface area (TPSA) is 144 Å². The Morgan fingerprint density at radius 2 is 2.07 bits per heavy atom. The van der Waals surface area contributed by atoms with Gasteiger partial charge in [0.25, 0.3) is 11.8 Å². The molecule has 3 aromatic rings. The van der Waals surface area contributed by atoms with E-state index in [1.807, 2.05) is 0 Å². The van der Waals surface area contributed by atoms with Crippen molar-refractivity contribution < 1.29 is 23.9 Å². The second-order valence-electron chi connectivity index (χ2n) is 5.60. The van der Waals surface area contributed by atoms with Crippen LogP contribution in [-0.2, 0) is 24.9 Å². The van der Waals surface area contributed by atoms with E-state index in [-0.39, 0.29) is 30.0 Å². The number of furan rings is 1. The molecule has 27 heavy (non-hydrogen) atoms. The van der Waals surface area contributed by atoms with Crippen LogP contribution in [0.25, 0.3) is 0 Å². The zero-order valence-electron chi connectivity index (χ0n) is 14.2. The Balaban J connectivity index is 1.69. The second-order valence-corrected chi connectivity index (χ2v) is 5.60. The summed E-state index contributed by atoms with van der Waals surface area (Å²) in [6, 6.07) is 3.43. The van der Waals surface area contributed by atoms with Crippen LogP contribution < -0.4 is 10.6 Å². The third-order valence-corrected chi connectivity index (χ3v) is 3.49. The van der Waals surface area contributed by atoms with E-state index in [1.165, 1.54) is 29.5 Å². The Bertz CT molecular complexity index is 972. The fourth-order valence-corrected chi connectivity index (χ4v) is 2.31. The molecule has 0 radical (unpaired) electrons. The van der Waals surface area contributed by atoms with Crippen LogP contribution in [0.3, 0.4) is 0 Å². The second kappa shape index (κ2) is 7.56. The number of nitrogens with one attached hydrogen (secondary N) is 2. The summed E-state index contributed by atoms with van der Waals surface area (Å²) in [5.74, 6) is -1.52. The number of carboxylic acids is 1. The molecule has 0 aliphatic heterocycles. The molecular formula is C16H16N6O5. The molecule has 3 heterocycles. The number of amides is 2. The van der Waals surface area contributed by atoms with Gasteiger partial charge in [-0.2, -0.15) is 10.2 Å². The van der Waals surface area contributed by atoms with Crippen LogP contribution >= 0.6 is 0 Å². The monoisotopic (exact) mass is 372 g/mol. The minimum Gasteiger partial charge on any atom is -0.480 e. The van der Waals surface area contributed by atoms with E-state index in [9.17, 15) is 14.4 Å². The Labute approximate surface area is 152 Å². The van der Waals surface area contributed by atoms with Gasteiger partial charge in [0.15, 0.2) is 5.69 Å². The maximum atomic E-state index is 12.4. The fourth-order valence-electron chi connectivity index (χ4n) is 2.31. The van der Waals surface area contributed by atoms with Gasteiger partial charge in [-0.05, 0) is 12.1 Å². The summed E-state index contributed by atoms with van der Waals surface area (Å²) >= 11 is 0. The van der Waals surface area contributed by atoms with Crippen LogP contribution in [0.2, 0.25) is 0 Å².